The van der Waals surface area contributed by atoms with Crippen LogP contribution in [-0.2, 0) is 0 Å². The Morgan fingerprint density at radius 3 is 2.19 bits per heavy atom. The van der Waals surface area contributed by atoms with Gasteiger partial charge >= 0.3 is 0 Å². The number of phenols is 1. The zero-order valence-electron chi connectivity index (χ0n) is 10.4. The lowest BCUT2D eigenvalue weighted by atomic mass is 9.91. The molecule has 0 saturated carbocycles. The molecule has 1 aliphatic rings. The van der Waals surface area contributed by atoms with Crippen molar-refractivity contribution >= 4 is 0 Å². The third-order valence-corrected chi connectivity index (χ3v) is 3.56. The maximum Gasteiger partial charge on any atom is 0.133 e. The molecule has 0 radical (unpaired) electrons. The van der Waals surface area contributed by atoms with E-state index >= 15 is 0 Å². The number of aliphatic hydroxyl groups excluding tert-OH is 1. The van der Waals surface area contributed by atoms with Crippen molar-refractivity contribution in [2.24, 2.45) is 0 Å². The monoisotopic (exact) mass is 222 g/mol. The quantitative estimate of drug-likeness (QED) is 0.709. The van der Waals surface area contributed by atoms with Crippen LogP contribution in [0.1, 0.15) is 42.2 Å². The van der Waals surface area contributed by atoms with Crippen molar-refractivity contribution in [2.45, 2.75) is 46.3 Å². The van der Waals surface area contributed by atoms with Crippen LogP contribution in [0.2, 0.25) is 0 Å². The predicted molar refractivity (Wildman–Crippen MR) is 62.0 cm³/mol. The lowest BCUT2D eigenvalue weighted by molar-refractivity contribution is 0.000120. The average molecular weight is 222 g/mol. The zero-order valence-corrected chi connectivity index (χ0v) is 10.4. The molecular weight excluding hydrogens is 204 g/mol. The summed E-state index contributed by atoms with van der Waals surface area (Å²) >= 11 is 0. The van der Waals surface area contributed by atoms with Crippen molar-refractivity contribution in [2.75, 3.05) is 0 Å². The van der Waals surface area contributed by atoms with Crippen molar-refractivity contribution < 1.29 is 14.9 Å². The van der Waals surface area contributed by atoms with Gasteiger partial charge in [-0.15, -0.1) is 0 Å². The van der Waals surface area contributed by atoms with Crippen LogP contribution >= 0.6 is 0 Å². The molecule has 1 atom stereocenters. The smallest absolute Gasteiger partial charge is 0.133 e. The standard InChI is InChI=1S/C13H18O3/c1-6-7(2)11-9(8(3)10(6)14)12(15)13(4,5)16-11/h12,14-15H,1-5H3. The second-order valence-electron chi connectivity index (χ2n) is 5.07. The maximum atomic E-state index is 10.2. The highest BCUT2D eigenvalue weighted by Crippen LogP contribution is 2.49. The lowest BCUT2D eigenvalue weighted by Gasteiger charge is -2.22. The van der Waals surface area contributed by atoms with Crippen molar-refractivity contribution in [1.29, 1.82) is 0 Å². The zero-order chi connectivity index (χ0) is 12.2. The topological polar surface area (TPSA) is 49.7 Å². The van der Waals surface area contributed by atoms with Gasteiger partial charge in [0, 0.05) is 11.1 Å². The molecule has 0 aromatic heterocycles. The summed E-state index contributed by atoms with van der Waals surface area (Å²) in [6.07, 6.45) is -0.687. The van der Waals surface area contributed by atoms with Gasteiger partial charge < -0.3 is 14.9 Å². The summed E-state index contributed by atoms with van der Waals surface area (Å²) in [5.74, 6) is 0.988. The molecular formula is C13H18O3. The summed E-state index contributed by atoms with van der Waals surface area (Å²) in [6.45, 7) is 9.28. The van der Waals surface area contributed by atoms with Gasteiger partial charge in [0.05, 0.1) is 0 Å². The van der Waals surface area contributed by atoms with Crippen LogP contribution in [0.5, 0.6) is 11.5 Å². The fraction of sp³-hybridized carbons (Fsp3) is 0.538. The molecule has 1 aliphatic heterocycles. The Hall–Kier alpha value is -1.22. The first kappa shape index (κ1) is 11.3. The number of hydrogen-bond donors (Lipinski definition) is 2. The highest BCUT2D eigenvalue weighted by molar-refractivity contribution is 5.60. The van der Waals surface area contributed by atoms with Crippen LogP contribution in [0.15, 0.2) is 0 Å². The van der Waals surface area contributed by atoms with Crippen LogP contribution in [0.4, 0.5) is 0 Å². The van der Waals surface area contributed by atoms with Gasteiger partial charge in [-0.1, -0.05) is 0 Å². The number of hydrogen-bond acceptors (Lipinski definition) is 3. The number of rotatable bonds is 0. The normalized spacial score (nSPS) is 21.8. The third-order valence-electron chi connectivity index (χ3n) is 3.56. The van der Waals surface area contributed by atoms with E-state index in [4.69, 9.17) is 4.74 Å². The molecule has 1 aromatic rings. The predicted octanol–water partition coefficient (Wildman–Crippen LogP) is 2.52. The van der Waals surface area contributed by atoms with Gasteiger partial charge in [0.1, 0.15) is 23.2 Å². The van der Waals surface area contributed by atoms with Gasteiger partial charge in [0.15, 0.2) is 0 Å². The van der Waals surface area contributed by atoms with Crippen LogP contribution in [0, 0.1) is 20.8 Å². The van der Waals surface area contributed by atoms with Crippen molar-refractivity contribution in [3.8, 4) is 11.5 Å². The lowest BCUT2D eigenvalue weighted by Crippen LogP contribution is -2.30. The molecule has 0 saturated heterocycles. The van der Waals surface area contributed by atoms with Crippen molar-refractivity contribution in [1.82, 2.24) is 0 Å². The molecule has 88 valence electrons. The molecule has 0 bridgehead atoms. The van der Waals surface area contributed by atoms with Crippen LogP contribution in [-0.4, -0.2) is 15.8 Å². The summed E-state index contributed by atoms with van der Waals surface area (Å²) in [6, 6.07) is 0. The molecule has 2 rings (SSSR count). The highest BCUT2D eigenvalue weighted by atomic mass is 16.5. The molecule has 1 heterocycles. The second kappa shape index (κ2) is 3.14. The molecule has 0 fully saturated rings. The van der Waals surface area contributed by atoms with Gasteiger partial charge in [-0.3, -0.25) is 0 Å². The minimum Gasteiger partial charge on any atom is -0.507 e. The molecule has 0 amide bonds. The third kappa shape index (κ3) is 1.24. The Bertz CT molecular complexity index is 461. The van der Waals surface area contributed by atoms with E-state index < -0.39 is 11.7 Å². The largest absolute Gasteiger partial charge is 0.507 e. The second-order valence-corrected chi connectivity index (χ2v) is 5.07. The fourth-order valence-corrected chi connectivity index (χ4v) is 2.26. The number of fused-ring (bicyclic) bond motifs is 1. The molecule has 1 aromatic carbocycles. The van der Waals surface area contributed by atoms with Gasteiger partial charge in [-0.05, 0) is 45.7 Å². The minimum absolute atomic E-state index is 0.261. The van der Waals surface area contributed by atoms with Gasteiger partial charge in [-0.25, -0.2) is 0 Å². The van der Waals surface area contributed by atoms with Crippen LogP contribution in [0.3, 0.4) is 0 Å². The van der Waals surface area contributed by atoms with E-state index in [0.717, 1.165) is 28.0 Å². The number of aromatic hydroxyl groups is 1. The molecule has 3 heteroatoms. The Kier molecular flexibility index (Phi) is 2.21. The van der Waals surface area contributed by atoms with Crippen LogP contribution in [0.25, 0.3) is 0 Å². The van der Waals surface area contributed by atoms with Gasteiger partial charge in [0.25, 0.3) is 0 Å². The Morgan fingerprint density at radius 2 is 1.62 bits per heavy atom. The first-order valence-electron chi connectivity index (χ1n) is 5.47. The van der Waals surface area contributed by atoms with Crippen LogP contribution < -0.4 is 4.74 Å². The van der Waals surface area contributed by atoms with E-state index in [1.165, 1.54) is 0 Å². The van der Waals surface area contributed by atoms with E-state index in [9.17, 15) is 10.2 Å². The molecule has 0 aliphatic carbocycles. The van der Waals surface area contributed by atoms with E-state index in [1.54, 1.807) is 0 Å². The first-order chi connectivity index (χ1) is 7.27. The first-order valence-corrected chi connectivity index (χ1v) is 5.47. The number of aliphatic hydroxyl groups is 1. The summed E-state index contributed by atoms with van der Waals surface area (Å²) < 4.78 is 5.79. The Balaban J connectivity index is 2.76. The van der Waals surface area contributed by atoms with Gasteiger partial charge in [0.2, 0.25) is 0 Å². The minimum atomic E-state index is -0.687. The Labute approximate surface area is 95.7 Å². The van der Waals surface area contributed by atoms with Crippen molar-refractivity contribution in [3.05, 3.63) is 22.3 Å². The summed E-state index contributed by atoms with van der Waals surface area (Å²) in [4.78, 5) is 0. The molecule has 2 N–H and O–H groups in total. The SMILES string of the molecule is Cc1c(C)c2c(c(C)c1O)C(O)C(C)(C)O2. The number of ether oxygens (including phenoxy) is 1. The maximum absolute atomic E-state index is 10.2. The number of phenolic OH excluding ortho intramolecular Hbond substituents is 1. The highest BCUT2D eigenvalue weighted by Gasteiger charge is 2.43. The summed E-state index contributed by atoms with van der Waals surface area (Å²) in [5.41, 5.74) is 2.55. The Morgan fingerprint density at radius 1 is 1.06 bits per heavy atom. The van der Waals surface area contributed by atoms with E-state index in [-0.39, 0.29) is 5.75 Å². The van der Waals surface area contributed by atoms with E-state index in [1.807, 2.05) is 34.6 Å². The number of benzene rings is 1. The summed E-state index contributed by atoms with van der Waals surface area (Å²) in [7, 11) is 0. The van der Waals surface area contributed by atoms with Gasteiger partial charge in [-0.2, -0.15) is 0 Å². The van der Waals surface area contributed by atoms with Crippen molar-refractivity contribution in [3.63, 3.8) is 0 Å². The molecule has 1 unspecified atom stereocenters. The van der Waals surface area contributed by atoms with E-state index in [0.29, 0.717) is 0 Å². The fourth-order valence-electron chi connectivity index (χ4n) is 2.26. The molecule has 0 spiro atoms. The summed E-state index contributed by atoms with van der Waals surface area (Å²) in [5, 5.41) is 20.2. The van der Waals surface area contributed by atoms with E-state index in [2.05, 4.69) is 0 Å². The molecule has 3 nitrogen and oxygen atoms in total. The average Bonchev–Trinajstić information content (AvgIpc) is 2.45. The molecule has 16 heavy (non-hydrogen) atoms.